The Labute approximate surface area is 110 Å². The third-order valence-corrected chi connectivity index (χ3v) is 4.71. The minimum atomic E-state index is -4.21. The first-order valence-electron chi connectivity index (χ1n) is 6.58. The van der Waals surface area contributed by atoms with E-state index in [0.29, 0.717) is 17.7 Å². The van der Waals surface area contributed by atoms with E-state index < -0.39 is 6.30 Å². The molecular formula is C14H17F3N2. The van der Waals surface area contributed by atoms with Gasteiger partial charge in [-0.3, -0.25) is 0 Å². The molecule has 0 aromatic heterocycles. The second-order valence-corrected chi connectivity index (χ2v) is 5.67. The minimum Gasteiger partial charge on any atom is -0.323 e. The molecular weight excluding hydrogens is 253 g/mol. The van der Waals surface area contributed by atoms with Gasteiger partial charge < -0.3 is 5.73 Å². The lowest BCUT2D eigenvalue weighted by Crippen LogP contribution is -2.49. The van der Waals surface area contributed by atoms with Crippen LogP contribution in [0.15, 0.2) is 24.3 Å². The van der Waals surface area contributed by atoms with E-state index >= 15 is 0 Å². The highest BCUT2D eigenvalue weighted by Gasteiger charge is 2.49. The summed E-state index contributed by atoms with van der Waals surface area (Å²) in [5.74, 6) is 0. The summed E-state index contributed by atoms with van der Waals surface area (Å²) in [4.78, 5) is 0.605. The van der Waals surface area contributed by atoms with Crippen molar-refractivity contribution in [2.24, 2.45) is 11.1 Å². The molecule has 1 atom stereocenters. The first-order chi connectivity index (χ1) is 8.92. The molecule has 1 unspecified atom stereocenters. The Morgan fingerprint density at radius 1 is 1.16 bits per heavy atom. The van der Waals surface area contributed by atoms with E-state index in [1.165, 1.54) is 5.56 Å². The molecule has 0 bridgehead atoms. The lowest BCUT2D eigenvalue weighted by molar-refractivity contribution is -0.255. The van der Waals surface area contributed by atoms with E-state index in [2.05, 4.69) is 0 Å². The van der Waals surface area contributed by atoms with Crippen LogP contribution in [0.25, 0.3) is 0 Å². The van der Waals surface area contributed by atoms with Gasteiger partial charge in [0, 0.05) is 19.1 Å². The number of rotatable bonds is 0. The van der Waals surface area contributed by atoms with Crippen molar-refractivity contribution in [1.29, 1.82) is 0 Å². The van der Waals surface area contributed by atoms with Gasteiger partial charge >= 0.3 is 6.30 Å². The summed E-state index contributed by atoms with van der Waals surface area (Å²) in [7, 11) is 0. The molecule has 1 aliphatic heterocycles. The number of fused-ring (bicyclic) bond motifs is 1. The van der Waals surface area contributed by atoms with Gasteiger partial charge in [-0.2, -0.15) is 13.2 Å². The average molecular weight is 270 g/mol. The molecule has 5 heteroatoms. The molecule has 1 aromatic rings. The van der Waals surface area contributed by atoms with Crippen LogP contribution in [0.1, 0.15) is 30.0 Å². The summed E-state index contributed by atoms with van der Waals surface area (Å²) >= 11 is 0. The Morgan fingerprint density at radius 3 is 2.37 bits per heavy atom. The Bertz CT molecular complexity index is 476. The second kappa shape index (κ2) is 4.21. The first-order valence-corrected chi connectivity index (χ1v) is 6.58. The van der Waals surface area contributed by atoms with E-state index in [-0.39, 0.29) is 24.5 Å². The largest absolute Gasteiger partial charge is 0.459 e. The number of likely N-dealkylation sites (tertiary alicyclic amines) is 1. The van der Waals surface area contributed by atoms with E-state index in [0.717, 1.165) is 12.0 Å². The predicted octanol–water partition coefficient (Wildman–Crippen LogP) is 2.84. The zero-order chi connectivity index (χ0) is 13.7. The molecule has 3 rings (SSSR count). The predicted molar refractivity (Wildman–Crippen MR) is 66.4 cm³/mol. The number of hydrogen-bond donors (Lipinski definition) is 1. The van der Waals surface area contributed by atoms with Crippen molar-refractivity contribution in [2.75, 3.05) is 13.1 Å². The van der Waals surface area contributed by atoms with Crippen molar-refractivity contribution < 1.29 is 13.2 Å². The number of benzene rings is 1. The second-order valence-electron chi connectivity index (χ2n) is 5.67. The average Bonchev–Trinajstić information content (AvgIpc) is 2.63. The first kappa shape index (κ1) is 12.9. The van der Waals surface area contributed by atoms with Gasteiger partial charge in [-0.25, -0.2) is 4.90 Å². The number of halogens is 3. The maximum absolute atomic E-state index is 12.7. The fourth-order valence-corrected chi connectivity index (χ4v) is 3.51. The molecule has 1 fully saturated rings. The molecule has 1 spiro atoms. The van der Waals surface area contributed by atoms with Gasteiger partial charge in [0.05, 0.1) is 0 Å². The Hall–Kier alpha value is -1.07. The normalized spacial score (nSPS) is 26.6. The van der Waals surface area contributed by atoms with Crippen LogP contribution >= 0.6 is 0 Å². The summed E-state index contributed by atoms with van der Waals surface area (Å²) in [5.41, 5.74) is 8.45. The molecule has 19 heavy (non-hydrogen) atoms. The Kier molecular flexibility index (Phi) is 2.87. The standard InChI is InChI=1S/C14H17F3N2/c15-14(16,17)19-7-5-13(6-8-19)9-10-3-1-2-4-11(10)12(13)18/h1-4,12H,5-9,18H2. The van der Waals surface area contributed by atoms with Crippen LogP contribution in [0.2, 0.25) is 0 Å². The monoisotopic (exact) mass is 270 g/mol. The van der Waals surface area contributed by atoms with Crippen LogP contribution in [0.3, 0.4) is 0 Å². The van der Waals surface area contributed by atoms with E-state index in [4.69, 9.17) is 5.73 Å². The molecule has 0 saturated carbocycles. The maximum atomic E-state index is 12.7. The van der Waals surface area contributed by atoms with Crippen LogP contribution in [-0.2, 0) is 6.42 Å². The van der Waals surface area contributed by atoms with Crippen LogP contribution in [0.4, 0.5) is 13.2 Å². The van der Waals surface area contributed by atoms with Crippen molar-refractivity contribution in [3.8, 4) is 0 Å². The van der Waals surface area contributed by atoms with Gasteiger partial charge in [-0.15, -0.1) is 0 Å². The van der Waals surface area contributed by atoms with Crippen LogP contribution < -0.4 is 5.73 Å². The third-order valence-electron chi connectivity index (χ3n) is 4.71. The van der Waals surface area contributed by atoms with Crippen molar-refractivity contribution in [2.45, 2.75) is 31.6 Å². The molecule has 0 radical (unpaired) electrons. The number of hydrogen-bond acceptors (Lipinski definition) is 2. The van der Waals surface area contributed by atoms with E-state index in [1.807, 2.05) is 24.3 Å². The molecule has 1 saturated heterocycles. The lowest BCUT2D eigenvalue weighted by Gasteiger charge is -2.42. The van der Waals surface area contributed by atoms with Crippen molar-refractivity contribution >= 4 is 0 Å². The zero-order valence-corrected chi connectivity index (χ0v) is 10.6. The van der Waals surface area contributed by atoms with Gasteiger partial charge in [0.15, 0.2) is 0 Å². The quantitative estimate of drug-likeness (QED) is 0.734. The number of nitrogens with zero attached hydrogens (tertiary/aromatic N) is 1. The molecule has 2 nitrogen and oxygen atoms in total. The molecule has 1 aromatic carbocycles. The zero-order valence-electron chi connectivity index (χ0n) is 10.6. The summed E-state index contributed by atoms with van der Waals surface area (Å²) in [6, 6.07) is 7.84. The van der Waals surface area contributed by atoms with Gasteiger partial charge in [0.25, 0.3) is 0 Å². The highest BCUT2D eigenvalue weighted by atomic mass is 19.4. The van der Waals surface area contributed by atoms with Crippen molar-refractivity contribution in [1.82, 2.24) is 4.90 Å². The summed E-state index contributed by atoms with van der Waals surface area (Å²) < 4.78 is 38.0. The number of piperidine rings is 1. The fraction of sp³-hybridized carbons (Fsp3) is 0.571. The van der Waals surface area contributed by atoms with Gasteiger partial charge in [0.2, 0.25) is 0 Å². The highest BCUT2D eigenvalue weighted by Crippen LogP contribution is 2.51. The highest BCUT2D eigenvalue weighted by molar-refractivity contribution is 5.38. The van der Waals surface area contributed by atoms with Crippen LogP contribution in [-0.4, -0.2) is 24.3 Å². The van der Waals surface area contributed by atoms with E-state index in [9.17, 15) is 13.2 Å². The molecule has 2 N–H and O–H groups in total. The molecule has 1 aliphatic carbocycles. The SMILES string of the molecule is NC1c2ccccc2CC12CCN(C(F)(F)F)CC2. The van der Waals surface area contributed by atoms with Crippen molar-refractivity contribution in [3.05, 3.63) is 35.4 Å². The van der Waals surface area contributed by atoms with Crippen LogP contribution in [0.5, 0.6) is 0 Å². The number of nitrogens with two attached hydrogens (primary N) is 1. The maximum Gasteiger partial charge on any atom is 0.459 e. The molecule has 2 aliphatic rings. The van der Waals surface area contributed by atoms with E-state index in [1.54, 1.807) is 0 Å². The Morgan fingerprint density at radius 2 is 1.79 bits per heavy atom. The molecule has 0 amide bonds. The minimum absolute atomic E-state index is 0.0607. The Balaban J connectivity index is 1.79. The van der Waals surface area contributed by atoms with Crippen molar-refractivity contribution in [3.63, 3.8) is 0 Å². The summed E-state index contributed by atoms with van der Waals surface area (Å²) in [6.45, 7) is 0.121. The van der Waals surface area contributed by atoms with Gasteiger partial charge in [-0.05, 0) is 35.8 Å². The summed E-state index contributed by atoms with van der Waals surface area (Å²) in [5, 5.41) is 0. The van der Waals surface area contributed by atoms with Gasteiger partial charge in [-0.1, -0.05) is 24.3 Å². The lowest BCUT2D eigenvalue weighted by atomic mass is 9.73. The summed E-state index contributed by atoms with van der Waals surface area (Å²) in [6.07, 6.45) is -2.36. The molecule has 1 heterocycles. The van der Waals surface area contributed by atoms with Crippen LogP contribution in [0, 0.1) is 5.41 Å². The molecule has 104 valence electrons. The number of alkyl halides is 3. The smallest absolute Gasteiger partial charge is 0.323 e. The third kappa shape index (κ3) is 2.05. The fourth-order valence-electron chi connectivity index (χ4n) is 3.51. The topological polar surface area (TPSA) is 29.3 Å². The van der Waals surface area contributed by atoms with Gasteiger partial charge in [0.1, 0.15) is 0 Å².